The second-order valence-electron chi connectivity index (χ2n) is 7.62. The van der Waals surface area contributed by atoms with E-state index in [1.807, 2.05) is 0 Å². The number of hydrogen-bond acceptors (Lipinski definition) is 6. The summed E-state index contributed by atoms with van der Waals surface area (Å²) >= 11 is 3.14. The summed E-state index contributed by atoms with van der Waals surface area (Å²) in [6.45, 7) is 2.22. The van der Waals surface area contributed by atoms with Gasteiger partial charge < -0.3 is 15.0 Å². The van der Waals surface area contributed by atoms with Gasteiger partial charge in [0.2, 0.25) is 5.91 Å². The first-order chi connectivity index (χ1) is 13.7. The Morgan fingerprint density at radius 1 is 1.32 bits per heavy atom. The van der Waals surface area contributed by atoms with Gasteiger partial charge in [-0.25, -0.2) is 4.98 Å². The van der Waals surface area contributed by atoms with Crippen LogP contribution in [0.5, 0.6) is 0 Å². The minimum Gasteiger partial charge on any atom is -0.381 e. The predicted molar refractivity (Wildman–Crippen MR) is 114 cm³/mol. The Morgan fingerprint density at radius 3 is 3.04 bits per heavy atom. The molecule has 0 bridgehead atoms. The Labute approximate surface area is 172 Å². The Balaban J connectivity index is 1.20. The molecule has 0 atom stereocenters. The fourth-order valence-electron chi connectivity index (χ4n) is 3.50. The molecule has 1 fully saturated rings. The van der Waals surface area contributed by atoms with Crippen molar-refractivity contribution in [2.75, 3.05) is 25.5 Å². The molecule has 6 nitrogen and oxygen atoms in total. The fourth-order valence-corrected chi connectivity index (χ4v) is 5.51. The van der Waals surface area contributed by atoms with Crippen molar-refractivity contribution < 1.29 is 9.53 Å². The molecule has 1 amide bonds. The number of H-pyrrole nitrogens is 1. The third kappa shape index (κ3) is 5.15. The van der Waals surface area contributed by atoms with Crippen molar-refractivity contribution in [1.29, 1.82) is 0 Å². The number of thiophene rings is 1. The van der Waals surface area contributed by atoms with Gasteiger partial charge in [0.1, 0.15) is 10.7 Å². The summed E-state index contributed by atoms with van der Waals surface area (Å²) in [5.74, 6) is 2.35. The minimum absolute atomic E-state index is 0.0159. The summed E-state index contributed by atoms with van der Waals surface area (Å²) < 4.78 is 5.56. The van der Waals surface area contributed by atoms with Crippen LogP contribution in [0.2, 0.25) is 0 Å². The lowest BCUT2D eigenvalue weighted by molar-refractivity contribution is -0.118. The van der Waals surface area contributed by atoms with E-state index in [9.17, 15) is 9.59 Å². The molecule has 0 aromatic carbocycles. The number of aromatic nitrogens is 2. The number of aromatic amines is 1. The third-order valence-electron chi connectivity index (χ3n) is 5.18. The quantitative estimate of drug-likeness (QED) is 0.576. The maximum absolute atomic E-state index is 12.5. The van der Waals surface area contributed by atoms with E-state index in [0.29, 0.717) is 30.5 Å². The zero-order valence-electron chi connectivity index (χ0n) is 16.1. The van der Waals surface area contributed by atoms with E-state index in [-0.39, 0.29) is 11.5 Å². The molecular formula is C20H27N3O3S2. The van der Waals surface area contributed by atoms with Gasteiger partial charge in [0.05, 0.1) is 16.9 Å². The number of fused-ring (bicyclic) bond motifs is 3. The molecule has 2 aromatic rings. The van der Waals surface area contributed by atoms with Crippen LogP contribution in [0.4, 0.5) is 0 Å². The van der Waals surface area contributed by atoms with Gasteiger partial charge in [-0.2, -0.15) is 0 Å². The van der Waals surface area contributed by atoms with Crippen molar-refractivity contribution in [2.24, 2.45) is 5.92 Å². The zero-order valence-corrected chi connectivity index (χ0v) is 17.7. The highest BCUT2D eigenvalue weighted by atomic mass is 32.2. The molecule has 0 radical (unpaired) electrons. The topological polar surface area (TPSA) is 84.1 Å². The van der Waals surface area contributed by atoms with Crippen LogP contribution in [0.25, 0.3) is 10.2 Å². The van der Waals surface area contributed by atoms with E-state index in [1.54, 1.807) is 11.3 Å². The van der Waals surface area contributed by atoms with Gasteiger partial charge in [-0.15, -0.1) is 23.1 Å². The minimum atomic E-state index is -0.0318. The number of carbonyl (C=O) groups excluding carboxylic acids is 1. The second kappa shape index (κ2) is 9.41. The van der Waals surface area contributed by atoms with Crippen LogP contribution >= 0.6 is 23.1 Å². The maximum Gasteiger partial charge on any atom is 0.259 e. The molecular weight excluding hydrogens is 394 g/mol. The van der Waals surface area contributed by atoms with Crippen molar-refractivity contribution in [3.63, 3.8) is 0 Å². The van der Waals surface area contributed by atoms with Crippen LogP contribution in [0.15, 0.2) is 4.79 Å². The second-order valence-corrected chi connectivity index (χ2v) is 9.69. The lowest BCUT2D eigenvalue weighted by Crippen LogP contribution is -2.27. The van der Waals surface area contributed by atoms with Gasteiger partial charge in [-0.05, 0) is 56.4 Å². The number of nitrogens with zero attached hydrogens (tertiary/aromatic N) is 1. The number of amides is 1. The molecule has 152 valence electrons. The average molecular weight is 422 g/mol. The molecule has 0 spiro atoms. The lowest BCUT2D eigenvalue weighted by atomic mass is 9.97. The van der Waals surface area contributed by atoms with E-state index in [1.165, 1.54) is 41.5 Å². The van der Waals surface area contributed by atoms with Crippen molar-refractivity contribution in [2.45, 2.75) is 50.7 Å². The zero-order chi connectivity index (χ0) is 19.3. The van der Waals surface area contributed by atoms with Crippen molar-refractivity contribution in [1.82, 2.24) is 15.3 Å². The van der Waals surface area contributed by atoms with Crippen molar-refractivity contribution >= 4 is 39.2 Å². The molecule has 2 aliphatic rings. The number of rotatable bonds is 10. The summed E-state index contributed by atoms with van der Waals surface area (Å²) in [4.78, 5) is 34.2. The molecule has 28 heavy (non-hydrogen) atoms. The summed E-state index contributed by atoms with van der Waals surface area (Å²) in [5.41, 5.74) is 1.18. The highest BCUT2D eigenvalue weighted by Crippen LogP contribution is 2.33. The third-order valence-corrected chi connectivity index (χ3v) is 7.31. The van der Waals surface area contributed by atoms with Crippen LogP contribution in [0.1, 0.15) is 48.4 Å². The predicted octanol–water partition coefficient (Wildman–Crippen LogP) is 3.03. The summed E-state index contributed by atoms with van der Waals surface area (Å²) in [6, 6.07) is 0. The van der Waals surface area contributed by atoms with Gasteiger partial charge in [-0.3, -0.25) is 9.59 Å². The van der Waals surface area contributed by atoms with Gasteiger partial charge in [0.25, 0.3) is 5.56 Å². The van der Waals surface area contributed by atoms with E-state index in [2.05, 4.69) is 15.3 Å². The largest absolute Gasteiger partial charge is 0.381 e. The lowest BCUT2D eigenvalue weighted by Gasteiger charge is -2.09. The number of hydrogen-bond donors (Lipinski definition) is 2. The van der Waals surface area contributed by atoms with Crippen LogP contribution in [-0.4, -0.2) is 41.4 Å². The summed E-state index contributed by atoms with van der Waals surface area (Å²) in [5, 5.41) is 3.70. The fraction of sp³-hybridized carbons (Fsp3) is 0.650. The maximum atomic E-state index is 12.5. The summed E-state index contributed by atoms with van der Waals surface area (Å²) in [7, 11) is 0. The van der Waals surface area contributed by atoms with E-state index < -0.39 is 0 Å². The molecule has 8 heteroatoms. The smallest absolute Gasteiger partial charge is 0.259 e. The van der Waals surface area contributed by atoms with E-state index >= 15 is 0 Å². The molecule has 0 aliphatic heterocycles. The van der Waals surface area contributed by atoms with Gasteiger partial charge in [0.15, 0.2) is 0 Å². The van der Waals surface area contributed by atoms with E-state index in [4.69, 9.17) is 4.74 Å². The molecule has 2 N–H and O–H groups in total. The Bertz CT molecular complexity index is 889. The molecule has 1 saturated carbocycles. The highest BCUT2D eigenvalue weighted by molar-refractivity contribution is 7.99. The monoisotopic (exact) mass is 421 g/mol. The van der Waals surface area contributed by atoms with Crippen LogP contribution in [0, 0.1) is 5.92 Å². The van der Waals surface area contributed by atoms with Gasteiger partial charge >= 0.3 is 0 Å². The van der Waals surface area contributed by atoms with E-state index in [0.717, 1.165) is 48.4 Å². The molecule has 2 aromatic heterocycles. The van der Waals surface area contributed by atoms with Crippen LogP contribution in [0.3, 0.4) is 0 Å². The van der Waals surface area contributed by atoms with Gasteiger partial charge in [0, 0.05) is 24.6 Å². The first-order valence-corrected chi connectivity index (χ1v) is 12.1. The Kier molecular flexibility index (Phi) is 6.69. The average Bonchev–Trinajstić information content (AvgIpc) is 3.42. The SMILES string of the molecule is O=C(CSCc1nc2sc3c(c2c(=O)[nH]1)CCCC3)NCCCOCC1CC1. The standard InChI is InChI=1S/C20H27N3O3S2/c24-17(21-8-3-9-26-10-13-6-7-13)12-27-11-16-22-19(25)18-14-4-1-2-5-15(14)28-20(18)23-16/h13H,1-12H2,(H,21,24)(H,22,23,25). The number of carbonyl (C=O) groups is 1. The molecule has 2 heterocycles. The first kappa shape index (κ1) is 19.9. The number of thioether (sulfide) groups is 1. The molecule has 0 unspecified atom stereocenters. The van der Waals surface area contributed by atoms with Crippen LogP contribution in [-0.2, 0) is 28.1 Å². The molecule has 4 rings (SSSR count). The first-order valence-electron chi connectivity index (χ1n) is 10.2. The normalized spacial score (nSPS) is 16.3. The molecule has 0 saturated heterocycles. The molecule has 2 aliphatic carbocycles. The summed E-state index contributed by atoms with van der Waals surface area (Å²) in [6.07, 6.45) is 7.84. The number of ether oxygens (including phenoxy) is 1. The number of nitrogens with one attached hydrogen (secondary N) is 2. The highest BCUT2D eigenvalue weighted by Gasteiger charge is 2.21. The van der Waals surface area contributed by atoms with Crippen molar-refractivity contribution in [3.8, 4) is 0 Å². The number of aryl methyl sites for hydroxylation is 2. The van der Waals surface area contributed by atoms with Crippen LogP contribution < -0.4 is 10.9 Å². The van der Waals surface area contributed by atoms with Crippen molar-refractivity contribution in [3.05, 3.63) is 26.6 Å². The van der Waals surface area contributed by atoms with Gasteiger partial charge in [-0.1, -0.05) is 0 Å². The Morgan fingerprint density at radius 2 is 2.18 bits per heavy atom. The Hall–Kier alpha value is -1.38.